The van der Waals surface area contributed by atoms with Crippen LogP contribution in [0.3, 0.4) is 0 Å². The zero-order valence-electron chi connectivity index (χ0n) is 37.6. The number of aryl methyl sites for hydroxylation is 2. The summed E-state index contributed by atoms with van der Waals surface area (Å²) in [5, 5.41) is 14.9. The summed E-state index contributed by atoms with van der Waals surface area (Å²) in [5.41, 5.74) is 9.64. The number of anilines is 2. The van der Waals surface area contributed by atoms with E-state index in [0.29, 0.717) is 81.2 Å². The van der Waals surface area contributed by atoms with Crippen LogP contribution < -0.4 is 15.4 Å². The molecule has 68 heavy (non-hydrogen) atoms. The van der Waals surface area contributed by atoms with Gasteiger partial charge in [-0.05, 0) is 120 Å². The normalized spacial score (nSPS) is 13.9. The fourth-order valence-electron chi connectivity index (χ4n) is 8.03. The van der Waals surface area contributed by atoms with E-state index in [1.165, 1.54) is 0 Å². The molecule has 0 amide bonds. The number of aromatic nitrogens is 6. The third kappa shape index (κ3) is 12.2. The number of nitrogens with one attached hydrogen (secondary N) is 2. The first-order chi connectivity index (χ1) is 32.4. The lowest BCUT2D eigenvalue weighted by atomic mass is 9.98. The SMILES string of the molecule is COc1cccc(Cc2cc(NCCC(F)(F)F)c3ncc(-c4ccc(C(=O)CC5CC5)c(C)c4)n3n2)c1.Cc1cc(-c2cnc3c(NCCC(F)(F)F)cc(Br)nn23)ccc1C(=O)CC1CC1. The summed E-state index contributed by atoms with van der Waals surface area (Å²) in [6, 6.07) is 22.2. The number of imidazole rings is 2. The largest absolute Gasteiger partial charge is 0.497 e. The van der Waals surface area contributed by atoms with Crippen LogP contribution in [-0.4, -0.2) is 73.3 Å². The van der Waals surface area contributed by atoms with Gasteiger partial charge >= 0.3 is 12.4 Å². The zero-order chi connectivity index (χ0) is 48.3. The van der Waals surface area contributed by atoms with Crippen molar-refractivity contribution in [1.82, 2.24) is 29.2 Å². The zero-order valence-corrected chi connectivity index (χ0v) is 39.2. The lowest BCUT2D eigenvalue weighted by Gasteiger charge is -2.13. The van der Waals surface area contributed by atoms with E-state index in [4.69, 9.17) is 9.84 Å². The van der Waals surface area contributed by atoms with Gasteiger partial charge in [-0.2, -0.15) is 36.5 Å². The van der Waals surface area contributed by atoms with Crippen LogP contribution in [0, 0.1) is 25.7 Å². The van der Waals surface area contributed by atoms with Crippen LogP contribution in [0.2, 0.25) is 0 Å². The predicted molar refractivity (Wildman–Crippen MR) is 251 cm³/mol. The van der Waals surface area contributed by atoms with Crippen LogP contribution in [0.4, 0.5) is 37.7 Å². The minimum atomic E-state index is -4.27. The Hall–Kier alpha value is -6.30. The van der Waals surface area contributed by atoms with Gasteiger partial charge in [0.15, 0.2) is 22.9 Å². The molecule has 3 aromatic carbocycles. The number of Topliss-reactive ketones (excluding diaryl/α,β-unsaturated/α-hetero) is 2. The number of benzene rings is 3. The number of fused-ring (bicyclic) bond motifs is 2. The number of rotatable bonds is 17. The van der Waals surface area contributed by atoms with Gasteiger partial charge in [0, 0.05) is 54.6 Å². The number of methoxy groups -OCH3 is 1. The molecule has 4 aromatic heterocycles. The van der Waals surface area contributed by atoms with Crippen molar-refractivity contribution in [2.75, 3.05) is 30.8 Å². The van der Waals surface area contributed by atoms with Crippen LogP contribution in [0.25, 0.3) is 33.8 Å². The number of alkyl halides is 6. The first-order valence-corrected chi connectivity index (χ1v) is 23.1. The second-order valence-electron chi connectivity index (χ2n) is 17.5. The van der Waals surface area contributed by atoms with Gasteiger partial charge in [0.05, 0.1) is 60.8 Å². The molecular weight excluding hydrogens is 954 g/mol. The standard InChI is InChI=1S/C29H29F3N4O2.C21H20BrF3N4O/c1-18-12-21(8-9-24(18)27(37)15-19-6-7-19)26-17-34-28-25(33-11-10-29(30,31)32)16-22(35-36(26)28)13-20-4-3-5-23(14-20)38-2;1-12-8-14(4-5-15(12)18(30)9-13-2-3-13)17-11-27-20-16(10-19(22)28-29(17)20)26-7-6-21(23,24)25/h3-5,8-9,12,14,16-17,19,33H,6-7,10-11,13,15H2,1-2H3;4-5,8,10-11,13,26H,2-3,6-7,9H2,1H3. The first-order valence-electron chi connectivity index (χ1n) is 22.4. The maximum Gasteiger partial charge on any atom is 0.390 e. The van der Waals surface area contributed by atoms with Gasteiger partial charge in [0.1, 0.15) is 10.4 Å². The molecule has 9 rings (SSSR count). The second-order valence-corrected chi connectivity index (χ2v) is 18.3. The molecule has 0 spiro atoms. The van der Waals surface area contributed by atoms with E-state index in [1.54, 1.807) is 40.7 Å². The fraction of sp³-hybridized carbons (Fsp3) is 0.360. The number of carbonyl (C=O) groups excluding carboxylic acids is 2. The van der Waals surface area contributed by atoms with Gasteiger partial charge in [0.25, 0.3) is 0 Å². The molecule has 0 radical (unpaired) electrons. The van der Waals surface area contributed by atoms with Gasteiger partial charge in [-0.15, -0.1) is 0 Å². The molecule has 0 atom stereocenters. The van der Waals surface area contributed by atoms with Crippen molar-refractivity contribution in [1.29, 1.82) is 0 Å². The van der Waals surface area contributed by atoms with Gasteiger partial charge in [-0.25, -0.2) is 19.0 Å². The Labute approximate surface area is 396 Å². The van der Waals surface area contributed by atoms with Gasteiger partial charge in [-0.3, -0.25) is 9.59 Å². The number of ether oxygens (including phenoxy) is 1. The number of hydrogen-bond donors (Lipinski definition) is 2. The molecular formula is C50H49BrF6N8O3. The van der Waals surface area contributed by atoms with E-state index in [9.17, 15) is 35.9 Å². The summed E-state index contributed by atoms with van der Waals surface area (Å²) in [5.74, 6) is 2.07. The van der Waals surface area contributed by atoms with Crippen LogP contribution in [0.15, 0.2) is 89.8 Å². The topological polar surface area (TPSA) is 128 Å². The van der Waals surface area contributed by atoms with Gasteiger partial charge < -0.3 is 15.4 Å². The highest BCUT2D eigenvalue weighted by Crippen LogP contribution is 2.36. The van der Waals surface area contributed by atoms with Crippen molar-refractivity contribution in [2.45, 2.75) is 84.0 Å². The number of hydrogen-bond acceptors (Lipinski definition) is 9. The molecule has 0 unspecified atom stereocenters. The minimum absolute atomic E-state index is 0.157. The molecule has 0 aliphatic heterocycles. The number of nitrogens with zero attached hydrogens (tertiary/aromatic N) is 6. The van der Waals surface area contributed by atoms with Crippen molar-refractivity contribution >= 4 is 50.2 Å². The Morgan fingerprint density at radius 3 is 1.66 bits per heavy atom. The Bertz CT molecular complexity index is 2980. The summed E-state index contributed by atoms with van der Waals surface area (Å²) in [6.45, 7) is 3.29. The summed E-state index contributed by atoms with van der Waals surface area (Å²) < 4.78 is 84.9. The average molecular weight is 1000 g/mol. The number of carbonyl (C=O) groups is 2. The molecule has 2 fully saturated rings. The van der Waals surface area contributed by atoms with Crippen LogP contribution in [-0.2, 0) is 6.42 Å². The van der Waals surface area contributed by atoms with Crippen molar-refractivity contribution in [2.24, 2.45) is 11.8 Å². The molecule has 7 aromatic rings. The molecule has 0 saturated heterocycles. The van der Waals surface area contributed by atoms with Crippen LogP contribution in [0.5, 0.6) is 5.75 Å². The summed E-state index contributed by atoms with van der Waals surface area (Å²) in [7, 11) is 1.59. The molecule has 2 saturated carbocycles. The molecule has 18 heteroatoms. The van der Waals surface area contributed by atoms with Crippen molar-refractivity contribution in [3.05, 3.63) is 123 Å². The van der Waals surface area contributed by atoms with Crippen molar-refractivity contribution in [3.63, 3.8) is 0 Å². The molecule has 2 aliphatic rings. The third-order valence-electron chi connectivity index (χ3n) is 11.9. The molecule has 2 N–H and O–H groups in total. The van der Waals surface area contributed by atoms with Crippen molar-refractivity contribution in [3.8, 4) is 28.3 Å². The Balaban J connectivity index is 0.000000189. The average Bonchev–Trinajstić information content (AvgIpc) is 4.19. The lowest BCUT2D eigenvalue weighted by Crippen LogP contribution is -2.15. The summed E-state index contributed by atoms with van der Waals surface area (Å²) >= 11 is 3.31. The minimum Gasteiger partial charge on any atom is -0.497 e. The van der Waals surface area contributed by atoms with E-state index in [0.717, 1.165) is 64.6 Å². The maximum atomic E-state index is 12.8. The molecule has 0 bridgehead atoms. The van der Waals surface area contributed by atoms with E-state index in [2.05, 4.69) is 41.6 Å². The Morgan fingerprint density at radius 2 is 1.19 bits per heavy atom. The van der Waals surface area contributed by atoms with E-state index >= 15 is 0 Å². The van der Waals surface area contributed by atoms with Crippen LogP contribution in [0.1, 0.15) is 94.5 Å². The second kappa shape index (κ2) is 20.1. The van der Waals surface area contributed by atoms with E-state index in [1.807, 2.05) is 74.5 Å². The summed E-state index contributed by atoms with van der Waals surface area (Å²) in [6.07, 6.45) is -0.992. The molecule has 11 nitrogen and oxygen atoms in total. The molecule has 2 aliphatic carbocycles. The maximum absolute atomic E-state index is 12.8. The summed E-state index contributed by atoms with van der Waals surface area (Å²) in [4.78, 5) is 34.0. The molecule has 4 heterocycles. The monoisotopic (exact) mass is 1000 g/mol. The highest BCUT2D eigenvalue weighted by Gasteiger charge is 2.29. The fourth-order valence-corrected chi connectivity index (χ4v) is 8.41. The van der Waals surface area contributed by atoms with Gasteiger partial charge in [0.2, 0.25) is 0 Å². The van der Waals surface area contributed by atoms with E-state index in [-0.39, 0.29) is 24.7 Å². The van der Waals surface area contributed by atoms with E-state index < -0.39 is 25.2 Å². The van der Waals surface area contributed by atoms with Crippen molar-refractivity contribution < 1.29 is 40.7 Å². The van der Waals surface area contributed by atoms with Crippen LogP contribution >= 0.6 is 15.9 Å². The highest BCUT2D eigenvalue weighted by atomic mass is 79.9. The highest BCUT2D eigenvalue weighted by molar-refractivity contribution is 9.10. The number of halogens is 7. The quantitative estimate of drug-likeness (QED) is 0.0677. The Morgan fingerprint density at radius 1 is 0.691 bits per heavy atom. The smallest absolute Gasteiger partial charge is 0.390 e. The number of ketones is 2. The van der Waals surface area contributed by atoms with Gasteiger partial charge in [-0.1, -0.05) is 36.4 Å². The Kier molecular flexibility index (Phi) is 14.3. The predicted octanol–water partition coefficient (Wildman–Crippen LogP) is 12.5. The lowest BCUT2D eigenvalue weighted by molar-refractivity contribution is -0.132. The third-order valence-corrected chi connectivity index (χ3v) is 12.3. The first kappa shape index (κ1) is 48.2. The molecule has 356 valence electrons.